The Labute approximate surface area is 133 Å². The maximum Gasteiger partial charge on any atom is 0.349 e. The third-order valence-electron chi connectivity index (χ3n) is 3.29. The first-order valence-corrected chi connectivity index (χ1v) is 6.74. The van der Waals surface area contributed by atoms with Crippen LogP contribution >= 0.6 is 0 Å². The minimum absolute atomic E-state index is 0.0963. The summed E-state index contributed by atoms with van der Waals surface area (Å²) in [5.74, 6) is -1.53. The molecule has 0 aliphatic carbocycles. The first-order chi connectivity index (χ1) is 11.5. The second-order valence-electron chi connectivity index (χ2n) is 4.86. The van der Waals surface area contributed by atoms with Crippen molar-refractivity contribution in [3.8, 4) is 0 Å². The number of non-ortho nitro benzene ring substituents is 1. The molecule has 8 heteroatoms. The fourth-order valence-corrected chi connectivity index (χ4v) is 2.13. The van der Waals surface area contributed by atoms with Crippen molar-refractivity contribution < 1.29 is 18.5 Å². The van der Waals surface area contributed by atoms with E-state index in [9.17, 15) is 24.1 Å². The Hall–Kier alpha value is -3.55. The predicted octanol–water partition coefficient (Wildman–Crippen LogP) is 3.09. The molecule has 3 rings (SSSR count). The topological polar surface area (TPSA) is 102 Å². The van der Waals surface area contributed by atoms with Crippen molar-refractivity contribution in [2.24, 2.45) is 0 Å². The molecule has 3 aromatic rings. The van der Waals surface area contributed by atoms with E-state index in [2.05, 4.69) is 5.32 Å². The molecule has 7 nitrogen and oxygen atoms in total. The second kappa shape index (κ2) is 5.92. The molecule has 1 N–H and O–H groups in total. The van der Waals surface area contributed by atoms with Gasteiger partial charge >= 0.3 is 5.63 Å². The van der Waals surface area contributed by atoms with Gasteiger partial charge < -0.3 is 9.73 Å². The van der Waals surface area contributed by atoms with Crippen LogP contribution in [0.1, 0.15) is 10.4 Å². The highest BCUT2D eigenvalue weighted by Crippen LogP contribution is 2.21. The van der Waals surface area contributed by atoms with Crippen LogP contribution in [0.4, 0.5) is 15.8 Å². The van der Waals surface area contributed by atoms with E-state index >= 15 is 0 Å². The molecule has 1 heterocycles. The van der Waals surface area contributed by atoms with Gasteiger partial charge in [0.1, 0.15) is 17.0 Å². The number of amides is 1. The smallest absolute Gasteiger partial charge is 0.349 e. The number of carbonyl (C=O) groups is 1. The van der Waals surface area contributed by atoms with Crippen LogP contribution in [0.3, 0.4) is 0 Å². The Balaban J connectivity index is 2.03. The van der Waals surface area contributed by atoms with Gasteiger partial charge in [0, 0.05) is 17.5 Å². The van der Waals surface area contributed by atoms with Crippen LogP contribution in [0.25, 0.3) is 11.0 Å². The van der Waals surface area contributed by atoms with E-state index in [1.807, 2.05) is 0 Å². The van der Waals surface area contributed by atoms with Crippen LogP contribution in [-0.2, 0) is 0 Å². The zero-order chi connectivity index (χ0) is 17.3. The van der Waals surface area contributed by atoms with Crippen molar-refractivity contribution in [1.29, 1.82) is 0 Å². The van der Waals surface area contributed by atoms with Crippen LogP contribution in [0.2, 0.25) is 0 Å². The van der Waals surface area contributed by atoms with Gasteiger partial charge in [-0.3, -0.25) is 14.9 Å². The predicted molar refractivity (Wildman–Crippen MR) is 83.5 cm³/mol. The number of nitro benzene ring substituents is 1. The maximum absolute atomic E-state index is 13.6. The summed E-state index contributed by atoms with van der Waals surface area (Å²) in [5.41, 5.74) is -1.51. The standard InChI is InChI=1S/C16H9FN2O5/c17-12-3-1-2-4-13(12)18-15(20)11-8-9-7-10(19(22)23)5-6-14(9)24-16(11)21/h1-8H,(H,18,20). The fraction of sp³-hybridized carbons (Fsp3) is 0. The number of halogens is 1. The Kier molecular flexibility index (Phi) is 3.78. The van der Waals surface area contributed by atoms with Crippen molar-refractivity contribution in [3.05, 3.63) is 80.4 Å². The van der Waals surface area contributed by atoms with Crippen molar-refractivity contribution in [1.82, 2.24) is 0 Å². The largest absolute Gasteiger partial charge is 0.422 e. The van der Waals surface area contributed by atoms with E-state index in [4.69, 9.17) is 4.42 Å². The number of anilines is 1. The molecule has 0 unspecified atom stereocenters. The van der Waals surface area contributed by atoms with Crippen molar-refractivity contribution >= 4 is 28.3 Å². The van der Waals surface area contributed by atoms with E-state index in [1.54, 1.807) is 0 Å². The summed E-state index contributed by atoms with van der Waals surface area (Å²) in [6.45, 7) is 0. The van der Waals surface area contributed by atoms with E-state index < -0.39 is 22.3 Å². The first kappa shape index (κ1) is 15.3. The maximum atomic E-state index is 13.6. The number of nitrogens with one attached hydrogen (secondary N) is 1. The summed E-state index contributed by atoms with van der Waals surface area (Å²) in [4.78, 5) is 34.3. The Morgan fingerprint density at radius 2 is 1.92 bits per heavy atom. The third kappa shape index (κ3) is 2.84. The Bertz CT molecular complexity index is 1030. The monoisotopic (exact) mass is 328 g/mol. The summed E-state index contributed by atoms with van der Waals surface area (Å²) in [6, 6.07) is 10.3. The molecule has 24 heavy (non-hydrogen) atoms. The molecule has 0 fully saturated rings. The molecule has 0 bridgehead atoms. The number of nitro groups is 1. The second-order valence-corrected chi connectivity index (χ2v) is 4.86. The van der Waals surface area contributed by atoms with Gasteiger partial charge in [-0.15, -0.1) is 0 Å². The summed E-state index contributed by atoms with van der Waals surface area (Å²) in [6.07, 6.45) is 0. The number of para-hydroxylation sites is 1. The molecule has 0 radical (unpaired) electrons. The van der Waals surface area contributed by atoms with E-state index in [0.29, 0.717) is 0 Å². The van der Waals surface area contributed by atoms with Gasteiger partial charge in [-0.1, -0.05) is 12.1 Å². The molecule has 0 aliphatic rings. The highest BCUT2D eigenvalue weighted by atomic mass is 19.1. The number of rotatable bonds is 3. The lowest BCUT2D eigenvalue weighted by atomic mass is 10.1. The highest BCUT2D eigenvalue weighted by Gasteiger charge is 2.17. The van der Waals surface area contributed by atoms with Gasteiger partial charge in [-0.2, -0.15) is 0 Å². The number of nitrogens with zero attached hydrogens (tertiary/aromatic N) is 1. The zero-order valence-corrected chi connectivity index (χ0v) is 12.0. The molecule has 0 saturated carbocycles. The normalized spacial score (nSPS) is 10.5. The lowest BCUT2D eigenvalue weighted by Crippen LogP contribution is -2.21. The molecular formula is C16H9FN2O5. The van der Waals surface area contributed by atoms with Gasteiger partial charge in [0.2, 0.25) is 0 Å². The number of hydrogen-bond donors (Lipinski definition) is 1. The Morgan fingerprint density at radius 1 is 1.17 bits per heavy atom. The third-order valence-corrected chi connectivity index (χ3v) is 3.29. The van der Waals surface area contributed by atoms with Gasteiger partial charge in [-0.25, -0.2) is 9.18 Å². The lowest BCUT2D eigenvalue weighted by Gasteiger charge is -2.06. The van der Waals surface area contributed by atoms with E-state index in [-0.39, 0.29) is 27.9 Å². The molecule has 1 aromatic heterocycles. The zero-order valence-electron chi connectivity index (χ0n) is 12.0. The number of hydrogen-bond acceptors (Lipinski definition) is 5. The van der Waals surface area contributed by atoms with Gasteiger partial charge in [0.05, 0.1) is 10.6 Å². The van der Waals surface area contributed by atoms with Crippen molar-refractivity contribution in [3.63, 3.8) is 0 Å². The first-order valence-electron chi connectivity index (χ1n) is 6.74. The molecule has 0 spiro atoms. The van der Waals surface area contributed by atoms with Gasteiger partial charge in [-0.05, 0) is 24.3 Å². The summed E-state index contributed by atoms with van der Waals surface area (Å²) >= 11 is 0. The van der Waals surface area contributed by atoms with Gasteiger partial charge in [0.25, 0.3) is 11.6 Å². The van der Waals surface area contributed by atoms with Gasteiger partial charge in [0.15, 0.2) is 0 Å². The average Bonchev–Trinajstić information content (AvgIpc) is 2.55. The van der Waals surface area contributed by atoms with Crippen LogP contribution in [0.15, 0.2) is 57.7 Å². The molecule has 0 aliphatic heterocycles. The van der Waals surface area contributed by atoms with Crippen molar-refractivity contribution in [2.45, 2.75) is 0 Å². The number of carbonyl (C=O) groups excluding carboxylic acids is 1. The summed E-state index contributed by atoms with van der Waals surface area (Å²) in [7, 11) is 0. The molecular weight excluding hydrogens is 319 g/mol. The van der Waals surface area contributed by atoms with Crippen LogP contribution < -0.4 is 10.9 Å². The van der Waals surface area contributed by atoms with Crippen LogP contribution in [0, 0.1) is 15.9 Å². The SMILES string of the molecule is O=C(Nc1ccccc1F)c1cc2cc([N+](=O)[O-])ccc2oc1=O. The molecule has 0 atom stereocenters. The fourth-order valence-electron chi connectivity index (χ4n) is 2.13. The van der Waals surface area contributed by atoms with Crippen molar-refractivity contribution in [2.75, 3.05) is 5.32 Å². The number of benzene rings is 2. The van der Waals surface area contributed by atoms with E-state index in [0.717, 1.165) is 6.07 Å². The minimum atomic E-state index is -0.926. The minimum Gasteiger partial charge on any atom is -0.422 e. The summed E-state index contributed by atoms with van der Waals surface area (Å²) < 4.78 is 18.6. The van der Waals surface area contributed by atoms with E-state index in [1.165, 1.54) is 42.5 Å². The Morgan fingerprint density at radius 3 is 2.62 bits per heavy atom. The van der Waals surface area contributed by atoms with Crippen LogP contribution in [0.5, 0.6) is 0 Å². The molecule has 120 valence electrons. The van der Waals surface area contributed by atoms with Crippen LogP contribution in [-0.4, -0.2) is 10.8 Å². The summed E-state index contributed by atoms with van der Waals surface area (Å²) in [5, 5.41) is 13.3. The lowest BCUT2D eigenvalue weighted by molar-refractivity contribution is -0.384. The highest BCUT2D eigenvalue weighted by molar-refractivity contribution is 6.05. The average molecular weight is 328 g/mol. The quantitative estimate of drug-likeness (QED) is 0.452. The molecule has 2 aromatic carbocycles. The molecule has 0 saturated heterocycles. The number of fused-ring (bicyclic) bond motifs is 1. The molecule has 1 amide bonds.